The van der Waals surface area contributed by atoms with Crippen LogP contribution in [0.3, 0.4) is 0 Å². The summed E-state index contributed by atoms with van der Waals surface area (Å²) in [7, 11) is 0. The van der Waals surface area contributed by atoms with Gasteiger partial charge in [0.25, 0.3) is 5.56 Å². The molecule has 1 amide bonds. The Hall–Kier alpha value is -3.94. The first-order valence-electron chi connectivity index (χ1n) is 12.2. The molecule has 0 atom stereocenters. The fourth-order valence-electron chi connectivity index (χ4n) is 4.11. The predicted octanol–water partition coefficient (Wildman–Crippen LogP) is 4.27. The molecule has 0 saturated carbocycles. The van der Waals surface area contributed by atoms with Crippen molar-refractivity contribution in [1.29, 1.82) is 0 Å². The average Bonchev–Trinajstić information content (AvgIpc) is 3.30. The number of hydrogen-bond acceptors (Lipinski definition) is 4. The number of carbonyl (C=O) groups excluding carboxylic acids is 1. The number of aromatic nitrogens is 4. The Kier molecular flexibility index (Phi) is 7.60. The molecule has 1 N–H and O–H groups in total. The fraction of sp³-hybridized carbons (Fsp3) is 0.333. The van der Waals surface area contributed by atoms with Crippen LogP contribution in [0.1, 0.15) is 39.5 Å². The summed E-state index contributed by atoms with van der Waals surface area (Å²) in [5.74, 6) is -0.433. The molecule has 2 aromatic heterocycles. The molecule has 0 radical (unpaired) electrons. The first-order valence-corrected chi connectivity index (χ1v) is 12.2. The third-order valence-corrected chi connectivity index (χ3v) is 6.05. The first kappa shape index (κ1) is 24.2. The Bertz CT molecular complexity index is 1420. The lowest BCUT2D eigenvalue weighted by Gasteiger charge is -2.13. The lowest BCUT2D eigenvalue weighted by molar-refractivity contribution is -0.116. The van der Waals surface area contributed by atoms with E-state index >= 15 is 0 Å². The molecule has 0 aliphatic rings. The highest BCUT2D eigenvalue weighted by Crippen LogP contribution is 2.21. The first-order chi connectivity index (χ1) is 17.0. The van der Waals surface area contributed by atoms with Crippen LogP contribution in [0.15, 0.2) is 70.5 Å². The minimum Gasteiger partial charge on any atom is -0.325 e. The number of hydrogen-bond donors (Lipinski definition) is 1. The van der Waals surface area contributed by atoms with Gasteiger partial charge in [-0.05, 0) is 36.1 Å². The molecule has 0 aliphatic heterocycles. The molecule has 0 bridgehead atoms. The number of benzene rings is 2. The van der Waals surface area contributed by atoms with Crippen LogP contribution < -0.4 is 16.6 Å². The van der Waals surface area contributed by atoms with Crippen LogP contribution in [0.5, 0.6) is 0 Å². The number of aryl methyl sites for hydroxylation is 2. The summed E-state index contributed by atoms with van der Waals surface area (Å²) in [5, 5.41) is 2.81. The van der Waals surface area contributed by atoms with Gasteiger partial charge in [0.05, 0.1) is 6.33 Å². The van der Waals surface area contributed by atoms with Crippen LogP contribution in [0.2, 0.25) is 0 Å². The Morgan fingerprint density at radius 2 is 1.51 bits per heavy atom. The summed E-state index contributed by atoms with van der Waals surface area (Å²) in [6.07, 6.45) is 5.13. The van der Waals surface area contributed by atoms with E-state index in [0.717, 1.165) is 41.4 Å². The number of amides is 1. The van der Waals surface area contributed by atoms with Gasteiger partial charge >= 0.3 is 5.69 Å². The maximum absolute atomic E-state index is 13.3. The van der Waals surface area contributed by atoms with Gasteiger partial charge in [-0.2, -0.15) is 0 Å². The van der Waals surface area contributed by atoms with Crippen molar-refractivity contribution in [3.63, 3.8) is 0 Å². The van der Waals surface area contributed by atoms with E-state index in [1.807, 2.05) is 61.5 Å². The second-order valence-corrected chi connectivity index (χ2v) is 8.63. The van der Waals surface area contributed by atoms with Crippen LogP contribution in [0.4, 0.5) is 5.69 Å². The summed E-state index contributed by atoms with van der Waals surface area (Å²) in [4.78, 5) is 43.8. The van der Waals surface area contributed by atoms with E-state index < -0.39 is 17.2 Å². The number of rotatable bonds is 10. The van der Waals surface area contributed by atoms with Crippen LogP contribution in [0, 0.1) is 0 Å². The summed E-state index contributed by atoms with van der Waals surface area (Å²) >= 11 is 0. The zero-order valence-electron chi connectivity index (χ0n) is 20.2. The van der Waals surface area contributed by atoms with Gasteiger partial charge in [-0.3, -0.25) is 14.2 Å². The molecular formula is C27H31N5O3. The van der Waals surface area contributed by atoms with E-state index in [9.17, 15) is 14.4 Å². The number of anilines is 1. The number of nitrogens with zero attached hydrogens (tertiary/aromatic N) is 4. The van der Waals surface area contributed by atoms with Gasteiger partial charge < -0.3 is 9.88 Å². The molecule has 4 rings (SSSR count). The van der Waals surface area contributed by atoms with Gasteiger partial charge in [-0.25, -0.2) is 14.3 Å². The molecule has 0 unspecified atom stereocenters. The molecule has 35 heavy (non-hydrogen) atoms. The molecule has 182 valence electrons. The molecule has 8 nitrogen and oxygen atoms in total. The lowest BCUT2D eigenvalue weighted by atomic mass is 10.1. The van der Waals surface area contributed by atoms with Gasteiger partial charge in [-0.15, -0.1) is 0 Å². The highest BCUT2D eigenvalue weighted by Gasteiger charge is 2.19. The van der Waals surface area contributed by atoms with E-state index in [1.54, 1.807) is 10.9 Å². The number of nitrogens with one attached hydrogen (secondary N) is 1. The number of unbranched alkanes of at least 4 members (excludes halogenated alkanes) is 2. The van der Waals surface area contributed by atoms with Crippen molar-refractivity contribution in [3.05, 3.63) is 81.8 Å². The minimum atomic E-state index is -0.508. The SMILES string of the molecule is CCCCn1cnc2c1c(=O)n(CC(=O)Nc1ccc(-c3ccccc3)cc1)c(=O)n2CCCC. The van der Waals surface area contributed by atoms with Crippen molar-refractivity contribution in [2.75, 3.05) is 5.32 Å². The Balaban J connectivity index is 1.61. The van der Waals surface area contributed by atoms with Crippen LogP contribution in [-0.4, -0.2) is 24.6 Å². The predicted molar refractivity (Wildman–Crippen MR) is 139 cm³/mol. The Labute approximate surface area is 203 Å². The maximum atomic E-state index is 13.3. The molecule has 2 heterocycles. The van der Waals surface area contributed by atoms with E-state index in [4.69, 9.17) is 0 Å². The number of carbonyl (C=O) groups is 1. The summed E-state index contributed by atoms with van der Waals surface area (Å²) in [6, 6.07) is 17.4. The molecule has 0 saturated heterocycles. The third kappa shape index (κ3) is 5.26. The van der Waals surface area contributed by atoms with E-state index in [-0.39, 0.29) is 6.54 Å². The van der Waals surface area contributed by atoms with Crippen LogP contribution >= 0.6 is 0 Å². The molecule has 4 aromatic rings. The highest BCUT2D eigenvalue weighted by atomic mass is 16.2. The van der Waals surface area contributed by atoms with Crippen molar-refractivity contribution < 1.29 is 4.79 Å². The molecule has 0 fully saturated rings. The minimum absolute atomic E-state index is 0.362. The average molecular weight is 474 g/mol. The zero-order valence-corrected chi connectivity index (χ0v) is 20.2. The van der Waals surface area contributed by atoms with Crippen molar-refractivity contribution in [1.82, 2.24) is 18.7 Å². The van der Waals surface area contributed by atoms with Gasteiger partial charge in [-0.1, -0.05) is 69.2 Å². The van der Waals surface area contributed by atoms with Gasteiger partial charge in [0.2, 0.25) is 5.91 Å². The Morgan fingerprint density at radius 1 is 0.857 bits per heavy atom. The van der Waals surface area contributed by atoms with E-state index in [0.29, 0.717) is 29.9 Å². The number of imidazole rings is 1. The molecular weight excluding hydrogens is 442 g/mol. The van der Waals surface area contributed by atoms with Crippen molar-refractivity contribution in [2.45, 2.75) is 59.2 Å². The monoisotopic (exact) mass is 473 g/mol. The van der Waals surface area contributed by atoms with Crippen molar-refractivity contribution in [2.24, 2.45) is 0 Å². The van der Waals surface area contributed by atoms with Gasteiger partial charge in [0.1, 0.15) is 6.54 Å². The second kappa shape index (κ2) is 11.0. The normalized spacial score (nSPS) is 11.1. The maximum Gasteiger partial charge on any atom is 0.333 e. The second-order valence-electron chi connectivity index (χ2n) is 8.63. The highest BCUT2D eigenvalue weighted by molar-refractivity contribution is 5.91. The third-order valence-electron chi connectivity index (χ3n) is 6.05. The van der Waals surface area contributed by atoms with Crippen molar-refractivity contribution in [3.8, 4) is 11.1 Å². The molecule has 0 aliphatic carbocycles. The van der Waals surface area contributed by atoms with Gasteiger partial charge in [0, 0.05) is 18.8 Å². The smallest absolute Gasteiger partial charge is 0.325 e. The lowest BCUT2D eigenvalue weighted by Crippen LogP contribution is -2.43. The van der Waals surface area contributed by atoms with Crippen molar-refractivity contribution >= 4 is 22.8 Å². The largest absolute Gasteiger partial charge is 0.333 e. The van der Waals surface area contributed by atoms with Gasteiger partial charge in [0.15, 0.2) is 11.2 Å². The number of fused-ring (bicyclic) bond motifs is 1. The van der Waals surface area contributed by atoms with E-state index in [1.165, 1.54) is 4.57 Å². The summed E-state index contributed by atoms with van der Waals surface area (Å²) in [6.45, 7) is 4.83. The quantitative estimate of drug-likeness (QED) is 0.372. The van der Waals surface area contributed by atoms with Crippen LogP contribution in [-0.2, 0) is 24.4 Å². The fourth-order valence-corrected chi connectivity index (χ4v) is 4.11. The van der Waals surface area contributed by atoms with E-state index in [2.05, 4.69) is 17.2 Å². The summed E-state index contributed by atoms with van der Waals surface area (Å²) < 4.78 is 4.33. The summed E-state index contributed by atoms with van der Waals surface area (Å²) in [5.41, 5.74) is 2.48. The Morgan fingerprint density at radius 3 is 2.20 bits per heavy atom. The molecule has 0 spiro atoms. The molecule has 2 aromatic carbocycles. The standard InChI is InChI=1S/C27H31N5O3/c1-3-5-16-30-19-28-25-24(30)26(34)32(27(35)31(25)17-6-4-2)18-23(33)29-22-14-12-21(13-15-22)20-10-8-7-9-11-20/h7-15,19H,3-6,16-18H2,1-2H3,(H,29,33). The molecule has 8 heteroatoms. The van der Waals surface area contributed by atoms with Crippen LogP contribution in [0.25, 0.3) is 22.3 Å². The zero-order chi connectivity index (χ0) is 24.8. The topological polar surface area (TPSA) is 90.9 Å².